The monoisotopic (exact) mass is 374 g/mol. The van der Waals surface area contributed by atoms with Gasteiger partial charge in [0, 0.05) is 6.08 Å². The predicted octanol–water partition coefficient (Wildman–Crippen LogP) is 5.70. The Morgan fingerprint density at radius 1 is 0.857 bits per heavy atom. The second-order valence-electron chi connectivity index (χ2n) is 9.02. The topological polar surface area (TPSA) is 57.5 Å². The molecule has 4 aliphatic carbocycles. The molecule has 0 radical (unpaired) electrons. The minimum Gasteiger partial charge on any atom is -0.508 e. The molecule has 0 amide bonds. The molecule has 4 fully saturated rings. The molecule has 0 atom stereocenters. The van der Waals surface area contributed by atoms with Crippen molar-refractivity contribution in [2.75, 3.05) is 0 Å². The second-order valence-corrected chi connectivity index (χ2v) is 9.02. The first-order valence-electron chi connectivity index (χ1n) is 10.4. The first-order valence-corrected chi connectivity index (χ1v) is 10.4. The highest BCUT2D eigenvalue weighted by atomic mass is 16.4. The fourth-order valence-corrected chi connectivity index (χ4v) is 6.39. The van der Waals surface area contributed by atoms with Gasteiger partial charge in [0.1, 0.15) is 5.75 Å². The Morgan fingerprint density at radius 2 is 1.46 bits per heavy atom. The van der Waals surface area contributed by atoms with Gasteiger partial charge in [-0.1, -0.05) is 36.4 Å². The number of carboxylic acid groups (broad SMARTS) is 1. The van der Waals surface area contributed by atoms with Gasteiger partial charge < -0.3 is 10.2 Å². The first kappa shape index (κ1) is 17.5. The molecule has 2 aromatic carbocycles. The van der Waals surface area contributed by atoms with Gasteiger partial charge in [0.2, 0.25) is 0 Å². The van der Waals surface area contributed by atoms with Crippen LogP contribution in [0.15, 0.2) is 48.5 Å². The van der Waals surface area contributed by atoms with E-state index in [9.17, 15) is 9.90 Å². The number of benzene rings is 2. The predicted molar refractivity (Wildman–Crippen MR) is 110 cm³/mol. The number of carboxylic acids is 1. The highest BCUT2D eigenvalue weighted by molar-refractivity contribution is 5.85. The van der Waals surface area contributed by atoms with Crippen LogP contribution in [-0.2, 0) is 4.79 Å². The smallest absolute Gasteiger partial charge is 0.328 e. The number of rotatable bonds is 4. The van der Waals surface area contributed by atoms with Crippen molar-refractivity contribution < 1.29 is 15.0 Å². The molecule has 2 aromatic rings. The van der Waals surface area contributed by atoms with Crippen LogP contribution in [0.4, 0.5) is 0 Å². The van der Waals surface area contributed by atoms with Crippen LogP contribution >= 0.6 is 0 Å². The average Bonchev–Trinajstić information content (AvgIpc) is 2.67. The lowest BCUT2D eigenvalue weighted by Gasteiger charge is -2.54. The molecule has 0 heterocycles. The quantitative estimate of drug-likeness (QED) is 0.675. The van der Waals surface area contributed by atoms with Gasteiger partial charge in [-0.15, -0.1) is 0 Å². The Morgan fingerprint density at radius 3 is 2.04 bits per heavy atom. The van der Waals surface area contributed by atoms with Crippen molar-refractivity contribution in [3.63, 3.8) is 0 Å². The van der Waals surface area contributed by atoms with Gasteiger partial charge in [0.15, 0.2) is 0 Å². The van der Waals surface area contributed by atoms with Crippen LogP contribution in [0.1, 0.15) is 49.1 Å². The number of carbonyl (C=O) groups is 1. The molecule has 2 N–H and O–H groups in total. The minimum absolute atomic E-state index is 0.435. The number of hydrogen-bond acceptors (Lipinski definition) is 2. The van der Waals surface area contributed by atoms with Crippen molar-refractivity contribution in [2.45, 2.75) is 38.0 Å². The number of hydrogen-bond donors (Lipinski definition) is 2. The fourth-order valence-electron chi connectivity index (χ4n) is 6.39. The van der Waals surface area contributed by atoms with E-state index >= 15 is 0 Å². The SMILES string of the molecule is O=C(O)C=Cc1ccc(-c2ccc(C3C4CC5CC(C4)CC3C5)c(O)c2)cc1. The summed E-state index contributed by atoms with van der Waals surface area (Å²) in [5.74, 6) is 3.41. The van der Waals surface area contributed by atoms with Gasteiger partial charge in [-0.2, -0.15) is 0 Å². The maximum atomic E-state index is 10.9. The first-order chi connectivity index (χ1) is 13.6. The summed E-state index contributed by atoms with van der Waals surface area (Å²) in [6, 6.07) is 13.9. The summed E-state index contributed by atoms with van der Waals surface area (Å²) >= 11 is 0. The summed E-state index contributed by atoms with van der Waals surface area (Å²) in [7, 11) is 0. The van der Waals surface area contributed by atoms with Crippen molar-refractivity contribution in [3.05, 3.63) is 59.7 Å². The molecule has 0 aliphatic heterocycles. The molecule has 0 unspecified atom stereocenters. The third kappa shape index (κ3) is 3.13. The third-order valence-electron chi connectivity index (χ3n) is 7.28. The summed E-state index contributed by atoms with van der Waals surface area (Å²) in [6.45, 7) is 0. The highest BCUT2D eigenvalue weighted by Gasteiger charge is 2.49. The summed E-state index contributed by atoms with van der Waals surface area (Å²) in [4.78, 5) is 10.6. The second kappa shape index (κ2) is 6.80. The Labute approximate surface area is 165 Å². The number of phenols is 1. The van der Waals surface area contributed by atoms with Crippen LogP contribution in [0.5, 0.6) is 5.75 Å². The highest BCUT2D eigenvalue weighted by Crippen LogP contribution is 2.60. The third-order valence-corrected chi connectivity index (χ3v) is 7.28. The van der Waals surface area contributed by atoms with E-state index in [4.69, 9.17) is 5.11 Å². The van der Waals surface area contributed by atoms with Gasteiger partial charge in [0.05, 0.1) is 0 Å². The zero-order valence-electron chi connectivity index (χ0n) is 15.9. The van der Waals surface area contributed by atoms with Gasteiger partial charge in [-0.05, 0) is 96.1 Å². The van der Waals surface area contributed by atoms with Crippen molar-refractivity contribution in [1.82, 2.24) is 0 Å². The van der Waals surface area contributed by atoms with Crippen LogP contribution in [0.3, 0.4) is 0 Å². The molecule has 4 aliphatic rings. The van der Waals surface area contributed by atoms with Crippen molar-refractivity contribution >= 4 is 12.0 Å². The number of phenolic OH excluding ortho intramolecular Hbond substituents is 1. The fraction of sp³-hybridized carbons (Fsp3) is 0.400. The Kier molecular flexibility index (Phi) is 4.26. The van der Waals surface area contributed by atoms with E-state index in [2.05, 4.69) is 12.1 Å². The zero-order chi connectivity index (χ0) is 19.3. The molecule has 4 bridgehead atoms. The normalized spacial score (nSPS) is 30.8. The van der Waals surface area contributed by atoms with E-state index in [0.717, 1.165) is 52.0 Å². The van der Waals surface area contributed by atoms with E-state index in [1.807, 2.05) is 30.3 Å². The van der Waals surface area contributed by atoms with Crippen molar-refractivity contribution in [3.8, 4) is 16.9 Å². The minimum atomic E-state index is -0.950. The maximum absolute atomic E-state index is 10.9. The van der Waals surface area contributed by atoms with Gasteiger partial charge >= 0.3 is 5.97 Å². The van der Waals surface area contributed by atoms with E-state index in [-0.39, 0.29) is 0 Å². The van der Waals surface area contributed by atoms with E-state index in [1.54, 1.807) is 6.08 Å². The average molecular weight is 374 g/mol. The Bertz CT molecular complexity index is 897. The van der Waals surface area contributed by atoms with Crippen LogP contribution < -0.4 is 0 Å². The van der Waals surface area contributed by atoms with Crippen LogP contribution in [-0.4, -0.2) is 16.2 Å². The molecular formula is C25H26O3. The molecule has 4 saturated carbocycles. The van der Waals surface area contributed by atoms with Gasteiger partial charge in [-0.25, -0.2) is 4.79 Å². The Balaban J connectivity index is 1.39. The maximum Gasteiger partial charge on any atom is 0.328 e. The Hall–Kier alpha value is -2.55. The lowest BCUT2D eigenvalue weighted by Crippen LogP contribution is -2.43. The van der Waals surface area contributed by atoms with E-state index in [1.165, 1.54) is 32.1 Å². The summed E-state index contributed by atoms with van der Waals surface area (Å²) < 4.78 is 0. The molecule has 6 rings (SSSR count). The molecule has 0 aromatic heterocycles. The lowest BCUT2D eigenvalue weighted by atomic mass is 9.50. The number of aliphatic carboxylic acids is 1. The lowest BCUT2D eigenvalue weighted by molar-refractivity contribution is -0.131. The van der Waals surface area contributed by atoms with E-state index < -0.39 is 5.97 Å². The van der Waals surface area contributed by atoms with Gasteiger partial charge in [0.25, 0.3) is 0 Å². The standard InChI is InChI=1S/C25H26O3/c26-23-14-19(18-4-1-15(2-5-18)3-8-24(27)28)6-7-22(23)25-20-10-16-9-17(12-20)13-21(25)11-16/h1-8,14,16-17,20-21,25-26H,9-13H2,(H,27,28). The number of aromatic hydroxyl groups is 1. The van der Waals surface area contributed by atoms with Crippen LogP contribution in [0, 0.1) is 23.7 Å². The molecule has 28 heavy (non-hydrogen) atoms. The zero-order valence-corrected chi connectivity index (χ0v) is 15.9. The molecule has 0 saturated heterocycles. The van der Waals surface area contributed by atoms with E-state index in [0.29, 0.717) is 11.7 Å². The molecule has 144 valence electrons. The van der Waals surface area contributed by atoms with Crippen LogP contribution in [0.2, 0.25) is 0 Å². The molecule has 0 spiro atoms. The summed E-state index contributed by atoms with van der Waals surface area (Å²) in [5, 5.41) is 19.6. The van der Waals surface area contributed by atoms with Gasteiger partial charge in [-0.3, -0.25) is 0 Å². The molecule has 3 heteroatoms. The van der Waals surface area contributed by atoms with Crippen molar-refractivity contribution in [2.24, 2.45) is 23.7 Å². The van der Waals surface area contributed by atoms with Crippen LogP contribution in [0.25, 0.3) is 17.2 Å². The molecule has 3 nitrogen and oxygen atoms in total. The largest absolute Gasteiger partial charge is 0.508 e. The molecular weight excluding hydrogens is 348 g/mol. The van der Waals surface area contributed by atoms with Crippen molar-refractivity contribution in [1.29, 1.82) is 0 Å². The summed E-state index contributed by atoms with van der Waals surface area (Å²) in [5.41, 5.74) is 4.03. The summed E-state index contributed by atoms with van der Waals surface area (Å²) in [6.07, 6.45) is 9.57.